The van der Waals surface area contributed by atoms with Crippen LogP contribution >= 0.6 is 0 Å². The summed E-state index contributed by atoms with van der Waals surface area (Å²) < 4.78 is 11.6. The third kappa shape index (κ3) is 5.13. The molecular weight excluding hydrogens is 360 g/mol. The van der Waals surface area contributed by atoms with Gasteiger partial charge in [0.25, 0.3) is 0 Å². The molecule has 1 aliphatic heterocycles. The van der Waals surface area contributed by atoms with Gasteiger partial charge in [0, 0.05) is 26.3 Å². The van der Waals surface area contributed by atoms with E-state index in [2.05, 4.69) is 80.6 Å². The van der Waals surface area contributed by atoms with Crippen LogP contribution < -0.4 is 19.7 Å². The number of benzene rings is 2. The van der Waals surface area contributed by atoms with Crippen molar-refractivity contribution in [3.05, 3.63) is 58.7 Å². The summed E-state index contributed by atoms with van der Waals surface area (Å²) in [4.78, 5) is 2.13. The Labute approximate surface area is 175 Å². The van der Waals surface area contributed by atoms with Crippen LogP contribution in [0.1, 0.15) is 48.1 Å². The van der Waals surface area contributed by atoms with Gasteiger partial charge in [0.15, 0.2) is 11.5 Å². The zero-order valence-electron chi connectivity index (χ0n) is 18.4. The summed E-state index contributed by atoms with van der Waals surface area (Å²) >= 11 is 0. The number of hydrogen-bond acceptors (Lipinski definition) is 4. The fourth-order valence-corrected chi connectivity index (χ4v) is 3.69. The molecule has 29 heavy (non-hydrogen) atoms. The van der Waals surface area contributed by atoms with E-state index >= 15 is 0 Å². The molecule has 4 heteroatoms. The topological polar surface area (TPSA) is 33.7 Å². The highest BCUT2D eigenvalue weighted by Crippen LogP contribution is 2.36. The number of nitrogens with one attached hydrogen (secondary N) is 1. The Kier molecular flexibility index (Phi) is 7.21. The van der Waals surface area contributed by atoms with Crippen LogP contribution in [0.3, 0.4) is 0 Å². The molecule has 1 heterocycles. The summed E-state index contributed by atoms with van der Waals surface area (Å²) in [6.45, 7) is 6.03. The Balaban J connectivity index is 1.84. The van der Waals surface area contributed by atoms with E-state index in [1.807, 2.05) is 0 Å². The minimum absolute atomic E-state index is 0.172. The molecule has 3 rings (SSSR count). The lowest BCUT2D eigenvalue weighted by Gasteiger charge is -2.26. The quantitative estimate of drug-likeness (QED) is 0.628. The van der Waals surface area contributed by atoms with E-state index < -0.39 is 0 Å². The lowest BCUT2D eigenvalue weighted by atomic mass is 9.92. The molecule has 1 atom stereocenters. The fourth-order valence-electron chi connectivity index (χ4n) is 3.69. The second-order valence-electron chi connectivity index (χ2n) is 7.88. The summed E-state index contributed by atoms with van der Waals surface area (Å²) in [5.74, 6) is 1.67. The number of anilines is 1. The van der Waals surface area contributed by atoms with Crippen LogP contribution in [-0.4, -0.2) is 34.4 Å². The monoisotopic (exact) mass is 394 g/mol. The van der Waals surface area contributed by atoms with Crippen molar-refractivity contribution in [3.63, 3.8) is 0 Å². The van der Waals surface area contributed by atoms with Crippen LogP contribution in [0.25, 0.3) is 6.08 Å². The molecule has 1 N–H and O–H groups in total. The van der Waals surface area contributed by atoms with Gasteiger partial charge < -0.3 is 19.7 Å². The van der Waals surface area contributed by atoms with Crippen molar-refractivity contribution in [1.82, 2.24) is 5.32 Å². The minimum atomic E-state index is 0.172. The largest absolute Gasteiger partial charge is 0.493 e. The average Bonchev–Trinajstić information content (AvgIpc) is 2.72. The molecule has 1 aliphatic rings. The van der Waals surface area contributed by atoms with Gasteiger partial charge in [-0.2, -0.15) is 0 Å². The molecule has 1 unspecified atom stereocenters. The maximum atomic E-state index is 5.98. The van der Waals surface area contributed by atoms with Crippen LogP contribution in [-0.2, 0) is 6.42 Å². The lowest BCUT2D eigenvalue weighted by molar-refractivity contribution is 0.287. The molecule has 0 saturated carbocycles. The highest BCUT2D eigenvalue weighted by atomic mass is 16.5. The summed E-state index contributed by atoms with van der Waals surface area (Å²) in [5.41, 5.74) is 6.36. The van der Waals surface area contributed by atoms with E-state index in [9.17, 15) is 0 Å². The first-order valence-electron chi connectivity index (χ1n) is 10.6. The van der Waals surface area contributed by atoms with Crippen molar-refractivity contribution < 1.29 is 9.47 Å². The summed E-state index contributed by atoms with van der Waals surface area (Å²) in [6, 6.07) is 11.1. The molecule has 0 aromatic heterocycles. The average molecular weight is 395 g/mol. The van der Waals surface area contributed by atoms with Gasteiger partial charge in [-0.25, -0.2) is 0 Å². The van der Waals surface area contributed by atoms with Crippen LogP contribution in [0.4, 0.5) is 5.69 Å². The third-order valence-corrected chi connectivity index (χ3v) is 5.51. The molecule has 2 aromatic rings. The Hall–Kier alpha value is -2.46. The van der Waals surface area contributed by atoms with E-state index in [4.69, 9.17) is 9.47 Å². The summed E-state index contributed by atoms with van der Waals surface area (Å²) in [5, 5.41) is 3.63. The van der Waals surface area contributed by atoms with Crippen molar-refractivity contribution in [1.29, 1.82) is 0 Å². The predicted octanol–water partition coefficient (Wildman–Crippen LogP) is 5.15. The van der Waals surface area contributed by atoms with Gasteiger partial charge in [-0.15, -0.1) is 0 Å². The Morgan fingerprint density at radius 3 is 2.69 bits per heavy atom. The lowest BCUT2D eigenvalue weighted by Crippen LogP contribution is -2.28. The number of rotatable bonds is 8. The van der Waals surface area contributed by atoms with Crippen LogP contribution in [0.5, 0.6) is 11.5 Å². The van der Waals surface area contributed by atoms with Crippen LogP contribution in [0, 0.1) is 6.92 Å². The van der Waals surface area contributed by atoms with Crippen molar-refractivity contribution in [3.8, 4) is 11.5 Å². The molecule has 0 saturated heterocycles. The molecular formula is C25H34N2O2. The summed E-state index contributed by atoms with van der Waals surface area (Å²) in [6.07, 6.45) is 7.66. The molecule has 4 nitrogen and oxygen atoms in total. The van der Waals surface area contributed by atoms with Gasteiger partial charge in [0.2, 0.25) is 0 Å². The molecule has 0 amide bonds. The minimum Gasteiger partial charge on any atom is -0.493 e. The SMILES string of the molecule is CCCCOc1cc2c(cc1OC)C(/C=C/c1ccc(N(C)C)cc1C)NCC2. The highest BCUT2D eigenvalue weighted by Gasteiger charge is 2.21. The molecule has 0 spiro atoms. The van der Waals surface area contributed by atoms with Crippen LogP contribution in [0.15, 0.2) is 36.4 Å². The van der Waals surface area contributed by atoms with Gasteiger partial charge in [0.1, 0.15) is 0 Å². The predicted molar refractivity (Wildman–Crippen MR) is 122 cm³/mol. The highest BCUT2D eigenvalue weighted by molar-refractivity contribution is 5.61. The van der Waals surface area contributed by atoms with Crippen molar-refractivity contribution >= 4 is 11.8 Å². The van der Waals surface area contributed by atoms with E-state index in [0.717, 1.165) is 43.9 Å². The molecule has 0 bridgehead atoms. The first-order chi connectivity index (χ1) is 14.0. The van der Waals surface area contributed by atoms with E-state index in [-0.39, 0.29) is 6.04 Å². The zero-order valence-corrected chi connectivity index (χ0v) is 18.4. The normalized spacial score (nSPS) is 16.0. The number of unbranched alkanes of at least 4 members (excludes halogenated alkanes) is 1. The number of fused-ring (bicyclic) bond motifs is 1. The first kappa shape index (κ1) is 21.3. The van der Waals surface area contributed by atoms with Gasteiger partial charge in [0.05, 0.1) is 19.8 Å². The zero-order chi connectivity index (χ0) is 20.8. The molecule has 0 radical (unpaired) electrons. The second-order valence-corrected chi connectivity index (χ2v) is 7.88. The third-order valence-electron chi connectivity index (χ3n) is 5.51. The number of methoxy groups -OCH3 is 1. The Morgan fingerprint density at radius 1 is 1.17 bits per heavy atom. The van der Waals surface area contributed by atoms with Crippen molar-refractivity contribution in [2.45, 2.75) is 39.2 Å². The van der Waals surface area contributed by atoms with E-state index in [1.165, 1.54) is 27.9 Å². The molecule has 0 fully saturated rings. The molecule has 0 aliphatic carbocycles. The van der Waals surface area contributed by atoms with Crippen LogP contribution in [0.2, 0.25) is 0 Å². The summed E-state index contributed by atoms with van der Waals surface area (Å²) in [7, 11) is 5.85. The van der Waals surface area contributed by atoms with Crippen molar-refractivity contribution in [2.75, 3.05) is 39.3 Å². The van der Waals surface area contributed by atoms with Gasteiger partial charge in [-0.1, -0.05) is 31.6 Å². The number of aryl methyl sites for hydroxylation is 1. The Morgan fingerprint density at radius 2 is 2.00 bits per heavy atom. The second kappa shape index (κ2) is 9.84. The molecule has 2 aromatic carbocycles. The number of nitrogens with zero attached hydrogens (tertiary/aromatic N) is 1. The maximum Gasteiger partial charge on any atom is 0.161 e. The Bertz CT molecular complexity index is 858. The van der Waals surface area contributed by atoms with Gasteiger partial charge >= 0.3 is 0 Å². The smallest absolute Gasteiger partial charge is 0.161 e. The first-order valence-corrected chi connectivity index (χ1v) is 10.6. The van der Waals surface area contributed by atoms with Crippen molar-refractivity contribution in [2.24, 2.45) is 0 Å². The van der Waals surface area contributed by atoms with Gasteiger partial charge in [-0.05, 0) is 66.3 Å². The molecule has 156 valence electrons. The maximum absolute atomic E-state index is 5.98. The fraction of sp³-hybridized carbons (Fsp3) is 0.440. The standard InChI is InChI=1S/C25H34N2O2/c1-6-7-14-29-25-16-20-12-13-26-23(22(20)17-24(25)28-5)11-9-19-8-10-21(27(3)4)15-18(19)2/h8-11,15-17,23,26H,6-7,12-14H2,1-5H3/b11-9+. The van der Waals surface area contributed by atoms with E-state index in [1.54, 1.807) is 7.11 Å². The van der Waals surface area contributed by atoms with Gasteiger partial charge in [-0.3, -0.25) is 0 Å². The van der Waals surface area contributed by atoms with E-state index in [0.29, 0.717) is 0 Å². The number of ether oxygens (including phenoxy) is 2. The number of hydrogen-bond donors (Lipinski definition) is 1.